The minimum Gasteiger partial charge on any atom is -0.383 e. The zero-order valence-electron chi connectivity index (χ0n) is 12.1. The smallest absolute Gasteiger partial charge is 0.135 e. The third-order valence-electron chi connectivity index (χ3n) is 3.77. The van der Waals surface area contributed by atoms with E-state index in [2.05, 4.69) is 0 Å². The van der Waals surface area contributed by atoms with Crippen molar-refractivity contribution in [3.05, 3.63) is 69.3 Å². The number of rotatable bonds is 2. The monoisotopic (exact) mass is 276 g/mol. The third kappa shape index (κ3) is 2.46. The number of aliphatic hydroxyl groups is 1. The van der Waals surface area contributed by atoms with Crippen molar-refractivity contribution in [3.8, 4) is 0 Å². The zero-order valence-corrected chi connectivity index (χ0v) is 12.1. The standard InChI is InChI=1S/C17H18F2O/c1-9-5-6-14(18)15(16(9)19)17(20)13-8-11(3)10(2)7-12(13)4/h5-8,17,20H,1-4H3. The van der Waals surface area contributed by atoms with E-state index in [0.717, 1.165) is 16.7 Å². The molecule has 0 fully saturated rings. The highest BCUT2D eigenvalue weighted by Gasteiger charge is 2.22. The molecule has 1 unspecified atom stereocenters. The van der Waals surface area contributed by atoms with Crippen LogP contribution >= 0.6 is 0 Å². The molecule has 0 aliphatic heterocycles. The minimum atomic E-state index is -1.30. The van der Waals surface area contributed by atoms with Crippen LogP contribution in [0.1, 0.15) is 39.5 Å². The van der Waals surface area contributed by atoms with Gasteiger partial charge in [-0.3, -0.25) is 0 Å². The van der Waals surface area contributed by atoms with Crippen molar-refractivity contribution >= 4 is 0 Å². The van der Waals surface area contributed by atoms with Gasteiger partial charge in [-0.05, 0) is 61.6 Å². The van der Waals surface area contributed by atoms with E-state index in [1.54, 1.807) is 13.0 Å². The largest absolute Gasteiger partial charge is 0.383 e. The van der Waals surface area contributed by atoms with Crippen LogP contribution < -0.4 is 0 Å². The summed E-state index contributed by atoms with van der Waals surface area (Å²) in [6.07, 6.45) is -1.30. The summed E-state index contributed by atoms with van der Waals surface area (Å²) in [5.74, 6) is -1.41. The number of hydrogen-bond donors (Lipinski definition) is 1. The Kier molecular flexibility index (Phi) is 3.91. The maximum atomic E-state index is 14.1. The molecule has 0 radical (unpaired) electrons. The first-order chi connectivity index (χ1) is 9.32. The molecule has 0 heterocycles. The fourth-order valence-electron chi connectivity index (χ4n) is 2.36. The van der Waals surface area contributed by atoms with Crippen molar-refractivity contribution in [3.63, 3.8) is 0 Å². The van der Waals surface area contributed by atoms with E-state index in [1.807, 2.05) is 26.8 Å². The molecule has 106 valence electrons. The maximum Gasteiger partial charge on any atom is 0.135 e. The van der Waals surface area contributed by atoms with E-state index in [4.69, 9.17) is 0 Å². The second kappa shape index (κ2) is 5.33. The van der Waals surface area contributed by atoms with Gasteiger partial charge in [0, 0.05) is 0 Å². The molecule has 0 aliphatic rings. The van der Waals surface area contributed by atoms with Crippen LogP contribution in [0.2, 0.25) is 0 Å². The molecule has 3 heteroatoms. The second-order valence-corrected chi connectivity index (χ2v) is 5.29. The van der Waals surface area contributed by atoms with Gasteiger partial charge < -0.3 is 5.11 Å². The zero-order chi connectivity index (χ0) is 15.0. The fourth-order valence-corrected chi connectivity index (χ4v) is 2.36. The number of halogens is 2. The molecule has 1 atom stereocenters. The normalized spacial score (nSPS) is 12.6. The lowest BCUT2D eigenvalue weighted by Crippen LogP contribution is -2.09. The molecule has 0 saturated heterocycles. The SMILES string of the molecule is Cc1cc(C)c(C(O)c2c(F)ccc(C)c2F)cc1C. The molecule has 0 amide bonds. The molecular formula is C17H18F2O. The highest BCUT2D eigenvalue weighted by Crippen LogP contribution is 2.31. The van der Waals surface area contributed by atoms with Gasteiger partial charge in [0.1, 0.15) is 17.7 Å². The van der Waals surface area contributed by atoms with Crippen LogP contribution in [0.4, 0.5) is 8.78 Å². The number of benzene rings is 2. The van der Waals surface area contributed by atoms with Crippen molar-refractivity contribution in [2.75, 3.05) is 0 Å². The molecule has 0 aromatic heterocycles. The molecule has 1 nitrogen and oxygen atoms in total. The van der Waals surface area contributed by atoms with Crippen molar-refractivity contribution in [1.29, 1.82) is 0 Å². The average molecular weight is 276 g/mol. The van der Waals surface area contributed by atoms with Gasteiger partial charge in [0.05, 0.1) is 5.56 Å². The summed E-state index contributed by atoms with van der Waals surface area (Å²) in [5, 5.41) is 10.4. The van der Waals surface area contributed by atoms with E-state index < -0.39 is 17.7 Å². The predicted molar refractivity (Wildman–Crippen MR) is 75.8 cm³/mol. The molecule has 1 N–H and O–H groups in total. The summed E-state index contributed by atoms with van der Waals surface area (Å²) in [5.41, 5.74) is 3.47. The summed E-state index contributed by atoms with van der Waals surface area (Å²) in [7, 11) is 0. The molecule has 0 saturated carbocycles. The first-order valence-corrected chi connectivity index (χ1v) is 6.53. The lowest BCUT2D eigenvalue weighted by atomic mass is 9.92. The van der Waals surface area contributed by atoms with Crippen molar-refractivity contribution < 1.29 is 13.9 Å². The Morgan fingerprint density at radius 2 is 1.45 bits per heavy atom. The highest BCUT2D eigenvalue weighted by atomic mass is 19.1. The van der Waals surface area contributed by atoms with Gasteiger partial charge in [-0.15, -0.1) is 0 Å². The van der Waals surface area contributed by atoms with Gasteiger partial charge >= 0.3 is 0 Å². The lowest BCUT2D eigenvalue weighted by Gasteiger charge is -2.18. The Labute approximate surface area is 117 Å². The maximum absolute atomic E-state index is 14.1. The summed E-state index contributed by atoms with van der Waals surface area (Å²) in [4.78, 5) is 0. The third-order valence-corrected chi connectivity index (χ3v) is 3.77. The van der Waals surface area contributed by atoms with Crippen LogP contribution in [-0.4, -0.2) is 5.11 Å². The Morgan fingerprint density at radius 1 is 0.850 bits per heavy atom. The van der Waals surface area contributed by atoms with E-state index in [0.29, 0.717) is 11.1 Å². The molecule has 2 aromatic carbocycles. The summed E-state index contributed by atoms with van der Waals surface area (Å²) >= 11 is 0. The molecular weight excluding hydrogens is 258 g/mol. The van der Waals surface area contributed by atoms with Gasteiger partial charge in [-0.25, -0.2) is 8.78 Å². The lowest BCUT2D eigenvalue weighted by molar-refractivity contribution is 0.208. The second-order valence-electron chi connectivity index (χ2n) is 5.29. The highest BCUT2D eigenvalue weighted by molar-refractivity contribution is 5.42. The van der Waals surface area contributed by atoms with Crippen molar-refractivity contribution in [2.45, 2.75) is 33.8 Å². The fraction of sp³-hybridized carbons (Fsp3) is 0.294. The molecule has 0 spiro atoms. The number of aryl methyl sites for hydroxylation is 4. The Bertz CT molecular complexity index is 663. The van der Waals surface area contributed by atoms with Crippen molar-refractivity contribution in [2.24, 2.45) is 0 Å². The van der Waals surface area contributed by atoms with Gasteiger partial charge in [-0.2, -0.15) is 0 Å². The predicted octanol–water partition coefficient (Wildman–Crippen LogP) is 4.28. The van der Waals surface area contributed by atoms with Crippen molar-refractivity contribution in [1.82, 2.24) is 0 Å². The first kappa shape index (κ1) is 14.7. The van der Waals surface area contributed by atoms with E-state index in [-0.39, 0.29) is 5.56 Å². The van der Waals surface area contributed by atoms with Crippen LogP contribution in [-0.2, 0) is 0 Å². The van der Waals surface area contributed by atoms with Crippen LogP contribution in [0, 0.1) is 39.3 Å². The quantitative estimate of drug-likeness (QED) is 0.868. The summed E-state index contributed by atoms with van der Waals surface area (Å²) < 4.78 is 28.0. The summed E-state index contributed by atoms with van der Waals surface area (Å²) in [6.45, 7) is 7.26. The molecule has 0 aliphatic carbocycles. The van der Waals surface area contributed by atoms with Gasteiger partial charge in [-0.1, -0.05) is 18.2 Å². The summed E-state index contributed by atoms with van der Waals surface area (Å²) in [6, 6.07) is 6.26. The van der Waals surface area contributed by atoms with Crippen LogP contribution in [0.5, 0.6) is 0 Å². The van der Waals surface area contributed by atoms with E-state index in [1.165, 1.54) is 12.1 Å². The first-order valence-electron chi connectivity index (χ1n) is 6.53. The van der Waals surface area contributed by atoms with Gasteiger partial charge in [0.15, 0.2) is 0 Å². The van der Waals surface area contributed by atoms with Crippen LogP contribution in [0.3, 0.4) is 0 Å². The van der Waals surface area contributed by atoms with Gasteiger partial charge in [0.25, 0.3) is 0 Å². The Hall–Kier alpha value is -1.74. The Balaban J connectivity index is 2.60. The van der Waals surface area contributed by atoms with Crippen LogP contribution in [0.25, 0.3) is 0 Å². The van der Waals surface area contributed by atoms with Gasteiger partial charge in [0.2, 0.25) is 0 Å². The topological polar surface area (TPSA) is 20.2 Å². The number of aliphatic hydroxyl groups excluding tert-OH is 1. The van der Waals surface area contributed by atoms with E-state index >= 15 is 0 Å². The average Bonchev–Trinajstić information content (AvgIpc) is 2.38. The minimum absolute atomic E-state index is 0.281. The molecule has 0 bridgehead atoms. The Morgan fingerprint density at radius 3 is 2.10 bits per heavy atom. The molecule has 20 heavy (non-hydrogen) atoms. The van der Waals surface area contributed by atoms with E-state index in [9.17, 15) is 13.9 Å². The molecule has 2 aromatic rings. The number of hydrogen-bond acceptors (Lipinski definition) is 1. The van der Waals surface area contributed by atoms with Crippen LogP contribution in [0.15, 0.2) is 24.3 Å². The molecule has 2 rings (SSSR count).